The van der Waals surface area contributed by atoms with Gasteiger partial charge in [-0.05, 0) is 31.6 Å². The van der Waals surface area contributed by atoms with Crippen LogP contribution in [-0.4, -0.2) is 13.1 Å². The topological polar surface area (TPSA) is 26.3 Å². The van der Waals surface area contributed by atoms with Gasteiger partial charge in [-0.3, -0.25) is 0 Å². The van der Waals surface area contributed by atoms with E-state index in [1.807, 2.05) is 0 Å². The van der Waals surface area contributed by atoms with Crippen LogP contribution in [0.15, 0.2) is 11.1 Å². The van der Waals surface area contributed by atoms with Gasteiger partial charge in [0.2, 0.25) is 0 Å². The fourth-order valence-electron chi connectivity index (χ4n) is 2.18. The van der Waals surface area contributed by atoms with Crippen molar-refractivity contribution in [3.63, 3.8) is 0 Å². The van der Waals surface area contributed by atoms with Crippen LogP contribution in [0.25, 0.3) is 0 Å². The van der Waals surface area contributed by atoms with Gasteiger partial charge in [-0.15, -0.1) is 0 Å². The number of methoxy groups -OCH3 is 1. The summed E-state index contributed by atoms with van der Waals surface area (Å²) < 4.78 is 4.77. The number of carbonyl (C=O) groups excluding carboxylic acids is 1. The first-order valence-electron chi connectivity index (χ1n) is 5.29. The first kappa shape index (κ1) is 11.3. The van der Waals surface area contributed by atoms with Gasteiger partial charge in [0.25, 0.3) is 0 Å². The minimum Gasteiger partial charge on any atom is -0.466 e. The summed E-state index contributed by atoms with van der Waals surface area (Å²) in [5.41, 5.74) is 2.51. The molecule has 0 saturated heterocycles. The number of hydrogen-bond acceptors (Lipinski definition) is 2. The minimum atomic E-state index is -0.138. The Kier molecular flexibility index (Phi) is 3.35. The highest BCUT2D eigenvalue weighted by atomic mass is 16.5. The van der Waals surface area contributed by atoms with Crippen LogP contribution < -0.4 is 0 Å². The van der Waals surface area contributed by atoms with E-state index in [-0.39, 0.29) is 5.97 Å². The molecular formula is C12H20O2. The number of allylic oxidation sites excluding steroid dienone is 1. The van der Waals surface area contributed by atoms with Crippen molar-refractivity contribution >= 4 is 5.97 Å². The lowest BCUT2D eigenvalue weighted by Crippen LogP contribution is -2.23. The third-order valence-corrected chi connectivity index (χ3v) is 3.47. The van der Waals surface area contributed by atoms with Crippen molar-refractivity contribution in [3.8, 4) is 0 Å². The Hall–Kier alpha value is -0.790. The van der Waals surface area contributed by atoms with Gasteiger partial charge < -0.3 is 4.74 Å². The first-order valence-corrected chi connectivity index (χ1v) is 5.29. The molecule has 1 unspecified atom stereocenters. The average molecular weight is 196 g/mol. The molecule has 14 heavy (non-hydrogen) atoms. The molecule has 0 heterocycles. The predicted octanol–water partition coefficient (Wildman–Crippen LogP) is 3.08. The van der Waals surface area contributed by atoms with Crippen molar-refractivity contribution < 1.29 is 9.53 Å². The summed E-state index contributed by atoms with van der Waals surface area (Å²) >= 11 is 0. The van der Waals surface area contributed by atoms with Gasteiger partial charge >= 0.3 is 5.97 Å². The van der Waals surface area contributed by atoms with Crippen LogP contribution in [0.4, 0.5) is 0 Å². The average Bonchev–Trinajstić information content (AvgIpc) is 2.17. The Morgan fingerprint density at radius 1 is 1.57 bits per heavy atom. The van der Waals surface area contributed by atoms with E-state index in [0.29, 0.717) is 5.41 Å². The Labute approximate surface area is 86.3 Å². The summed E-state index contributed by atoms with van der Waals surface area (Å²) in [6.07, 6.45) is 4.20. The molecular weight excluding hydrogens is 176 g/mol. The lowest BCUT2D eigenvalue weighted by atomic mass is 9.72. The van der Waals surface area contributed by atoms with E-state index in [9.17, 15) is 4.79 Å². The molecule has 0 aromatic heterocycles. The van der Waals surface area contributed by atoms with E-state index in [1.165, 1.54) is 19.1 Å². The Morgan fingerprint density at radius 3 is 2.64 bits per heavy atom. The molecule has 1 atom stereocenters. The van der Waals surface area contributed by atoms with E-state index in [2.05, 4.69) is 20.8 Å². The highest BCUT2D eigenvalue weighted by Crippen LogP contribution is 2.41. The number of esters is 1. The molecule has 1 aliphatic carbocycles. The Bertz CT molecular complexity index is 265. The van der Waals surface area contributed by atoms with Crippen molar-refractivity contribution in [1.29, 1.82) is 0 Å². The van der Waals surface area contributed by atoms with E-state index in [1.54, 1.807) is 0 Å². The second-order valence-electron chi connectivity index (χ2n) is 4.59. The predicted molar refractivity (Wildman–Crippen MR) is 57.0 cm³/mol. The van der Waals surface area contributed by atoms with Crippen molar-refractivity contribution in [3.05, 3.63) is 11.1 Å². The number of ether oxygens (including phenoxy) is 1. The van der Waals surface area contributed by atoms with Crippen LogP contribution in [0.2, 0.25) is 0 Å². The van der Waals surface area contributed by atoms with Crippen molar-refractivity contribution in [2.45, 2.75) is 46.5 Å². The molecule has 2 nitrogen and oxygen atoms in total. The quantitative estimate of drug-likeness (QED) is 0.634. The fraction of sp³-hybridized carbons (Fsp3) is 0.750. The van der Waals surface area contributed by atoms with Crippen LogP contribution in [0.1, 0.15) is 46.5 Å². The van der Waals surface area contributed by atoms with Gasteiger partial charge in [0.1, 0.15) is 0 Å². The molecule has 0 bridgehead atoms. The highest BCUT2D eigenvalue weighted by molar-refractivity contribution is 5.89. The lowest BCUT2D eigenvalue weighted by molar-refractivity contribution is -0.136. The SMILES string of the molecule is CCC1(C)CCC(C(=O)OC)=C(C)C1. The Balaban J connectivity index is 2.82. The molecule has 0 spiro atoms. The van der Waals surface area contributed by atoms with Crippen LogP contribution in [0, 0.1) is 5.41 Å². The first-order chi connectivity index (χ1) is 6.52. The Morgan fingerprint density at radius 2 is 2.21 bits per heavy atom. The summed E-state index contributed by atoms with van der Waals surface area (Å²) in [6.45, 7) is 6.57. The monoisotopic (exact) mass is 196 g/mol. The zero-order valence-corrected chi connectivity index (χ0v) is 9.64. The smallest absolute Gasteiger partial charge is 0.333 e. The van der Waals surface area contributed by atoms with E-state index < -0.39 is 0 Å². The van der Waals surface area contributed by atoms with Crippen LogP contribution in [0.3, 0.4) is 0 Å². The maximum absolute atomic E-state index is 11.4. The van der Waals surface area contributed by atoms with Crippen molar-refractivity contribution in [2.75, 3.05) is 7.11 Å². The van der Waals surface area contributed by atoms with Gasteiger partial charge in [0.05, 0.1) is 7.11 Å². The summed E-state index contributed by atoms with van der Waals surface area (Å²) in [5, 5.41) is 0. The summed E-state index contributed by atoms with van der Waals surface area (Å²) in [6, 6.07) is 0. The third kappa shape index (κ3) is 2.17. The van der Waals surface area contributed by atoms with Gasteiger partial charge in [-0.2, -0.15) is 0 Å². The van der Waals surface area contributed by atoms with Crippen molar-refractivity contribution in [1.82, 2.24) is 0 Å². The second-order valence-corrected chi connectivity index (χ2v) is 4.59. The molecule has 0 aromatic carbocycles. The molecule has 0 aliphatic heterocycles. The van der Waals surface area contributed by atoms with Gasteiger partial charge in [-0.25, -0.2) is 4.79 Å². The standard InChI is InChI=1S/C12H20O2/c1-5-12(3)7-6-10(9(2)8-12)11(13)14-4/h5-8H2,1-4H3. The largest absolute Gasteiger partial charge is 0.466 e. The molecule has 0 radical (unpaired) electrons. The maximum atomic E-state index is 11.4. The normalized spacial score (nSPS) is 27.7. The number of rotatable bonds is 2. The van der Waals surface area contributed by atoms with E-state index >= 15 is 0 Å². The molecule has 1 rings (SSSR count). The van der Waals surface area contributed by atoms with Crippen LogP contribution >= 0.6 is 0 Å². The molecule has 0 aromatic rings. The molecule has 0 amide bonds. The van der Waals surface area contributed by atoms with Gasteiger partial charge in [0.15, 0.2) is 0 Å². The van der Waals surface area contributed by atoms with Gasteiger partial charge in [0, 0.05) is 5.57 Å². The number of carbonyl (C=O) groups is 1. The minimum absolute atomic E-state index is 0.138. The van der Waals surface area contributed by atoms with Crippen molar-refractivity contribution in [2.24, 2.45) is 5.41 Å². The zero-order valence-electron chi connectivity index (χ0n) is 9.64. The van der Waals surface area contributed by atoms with E-state index in [4.69, 9.17) is 4.74 Å². The van der Waals surface area contributed by atoms with Gasteiger partial charge in [-0.1, -0.05) is 25.8 Å². The fourth-order valence-corrected chi connectivity index (χ4v) is 2.18. The molecule has 0 fully saturated rings. The molecule has 1 aliphatic rings. The maximum Gasteiger partial charge on any atom is 0.333 e. The van der Waals surface area contributed by atoms with Crippen LogP contribution in [0.5, 0.6) is 0 Å². The summed E-state index contributed by atoms with van der Waals surface area (Å²) in [4.78, 5) is 11.4. The molecule has 2 heteroatoms. The van der Waals surface area contributed by atoms with Crippen LogP contribution in [-0.2, 0) is 9.53 Å². The third-order valence-electron chi connectivity index (χ3n) is 3.47. The zero-order chi connectivity index (χ0) is 10.8. The van der Waals surface area contributed by atoms with E-state index in [0.717, 1.165) is 24.8 Å². The molecule has 80 valence electrons. The lowest BCUT2D eigenvalue weighted by Gasteiger charge is -2.33. The highest BCUT2D eigenvalue weighted by Gasteiger charge is 2.30. The molecule has 0 N–H and O–H groups in total. The summed E-state index contributed by atoms with van der Waals surface area (Å²) in [5.74, 6) is -0.138. The second kappa shape index (κ2) is 4.16. The molecule has 0 saturated carbocycles. The number of hydrogen-bond donors (Lipinski definition) is 0. The summed E-state index contributed by atoms with van der Waals surface area (Å²) in [7, 11) is 1.45.